The van der Waals surface area contributed by atoms with Crippen molar-refractivity contribution in [2.24, 2.45) is 0 Å². The summed E-state index contributed by atoms with van der Waals surface area (Å²) in [7, 11) is 0. The quantitative estimate of drug-likeness (QED) is 0.0320. The van der Waals surface area contributed by atoms with Gasteiger partial charge in [0.05, 0.1) is 25.4 Å². The van der Waals surface area contributed by atoms with Crippen LogP contribution in [0.15, 0.2) is 48.6 Å². The summed E-state index contributed by atoms with van der Waals surface area (Å²) in [6.45, 7) is 4.89. The van der Waals surface area contributed by atoms with Crippen LogP contribution in [0.2, 0.25) is 0 Å². The fourth-order valence-corrected chi connectivity index (χ4v) is 11.6. The molecule has 0 aromatic carbocycles. The van der Waals surface area contributed by atoms with Crippen LogP contribution >= 0.6 is 0 Å². The Morgan fingerprint density at radius 1 is 0.337 bits per heavy atom. The SMILES string of the molecule is CCCC/C=C\CCCCCCCC(=O)OCCCCCCCCCCCCCCCCC/C=C\C/C=C\CCCCCCCCCCCCCCCCCCCC(=O)NC(CO)C(O)/C=C/CCCCCCCCCCCCCCCC. The second-order valence-corrected chi connectivity index (χ2v) is 25.6. The van der Waals surface area contributed by atoms with Crippen molar-refractivity contribution in [3.8, 4) is 0 Å². The minimum Gasteiger partial charge on any atom is -0.466 e. The molecule has 0 bridgehead atoms. The van der Waals surface area contributed by atoms with Crippen LogP contribution in [-0.4, -0.2) is 47.4 Å². The number of nitrogens with one attached hydrogen (secondary N) is 1. The third kappa shape index (κ3) is 68.8. The van der Waals surface area contributed by atoms with Gasteiger partial charge in [-0.25, -0.2) is 0 Å². The van der Waals surface area contributed by atoms with Crippen molar-refractivity contribution in [2.75, 3.05) is 13.2 Å². The van der Waals surface area contributed by atoms with E-state index < -0.39 is 12.1 Å². The number of esters is 1. The summed E-state index contributed by atoms with van der Waals surface area (Å²) >= 11 is 0. The average Bonchev–Trinajstić information content (AvgIpc) is 3.50. The van der Waals surface area contributed by atoms with Crippen LogP contribution in [0.4, 0.5) is 0 Å². The van der Waals surface area contributed by atoms with Gasteiger partial charge in [0.1, 0.15) is 0 Å². The Kier molecular flexibility index (Phi) is 70.4. The van der Waals surface area contributed by atoms with Gasteiger partial charge in [0.25, 0.3) is 0 Å². The molecule has 0 spiro atoms. The predicted octanol–water partition coefficient (Wildman–Crippen LogP) is 24.4. The van der Waals surface area contributed by atoms with Crippen molar-refractivity contribution in [1.82, 2.24) is 5.32 Å². The van der Waals surface area contributed by atoms with Gasteiger partial charge in [-0.3, -0.25) is 9.59 Å². The first-order valence-corrected chi connectivity index (χ1v) is 37.4. The number of unbranched alkanes of at least 4 members (excludes halogenated alkanes) is 53. The molecule has 0 aromatic heterocycles. The molecule has 2 unspecified atom stereocenters. The van der Waals surface area contributed by atoms with E-state index in [4.69, 9.17) is 4.74 Å². The Balaban J connectivity index is 3.37. The summed E-state index contributed by atoms with van der Waals surface area (Å²) in [6, 6.07) is -0.626. The molecule has 488 valence electrons. The molecule has 3 N–H and O–H groups in total. The van der Waals surface area contributed by atoms with Crippen molar-refractivity contribution in [2.45, 2.75) is 418 Å². The Labute approximate surface area is 518 Å². The lowest BCUT2D eigenvalue weighted by Crippen LogP contribution is -2.45. The van der Waals surface area contributed by atoms with E-state index in [1.165, 1.54) is 327 Å². The van der Waals surface area contributed by atoms with Crippen molar-refractivity contribution < 1.29 is 24.5 Å². The Hall–Kier alpha value is -2.18. The van der Waals surface area contributed by atoms with Crippen molar-refractivity contribution in [3.63, 3.8) is 0 Å². The number of ether oxygens (including phenoxy) is 1. The van der Waals surface area contributed by atoms with Gasteiger partial charge in [-0.05, 0) is 83.5 Å². The van der Waals surface area contributed by atoms with Crippen LogP contribution < -0.4 is 5.32 Å². The molecule has 0 fully saturated rings. The molecule has 0 aliphatic carbocycles. The summed E-state index contributed by atoms with van der Waals surface area (Å²) in [5, 5.41) is 23.2. The number of carbonyl (C=O) groups excluding carboxylic acids is 2. The zero-order valence-electron chi connectivity index (χ0n) is 55.9. The zero-order valence-corrected chi connectivity index (χ0v) is 55.9. The molecule has 83 heavy (non-hydrogen) atoms. The summed E-state index contributed by atoms with van der Waals surface area (Å²) in [4.78, 5) is 24.5. The summed E-state index contributed by atoms with van der Waals surface area (Å²) in [5.74, 6) is -0.0533. The van der Waals surface area contributed by atoms with Gasteiger partial charge in [-0.2, -0.15) is 0 Å². The summed E-state index contributed by atoms with van der Waals surface area (Å²) < 4.78 is 5.47. The van der Waals surface area contributed by atoms with E-state index in [1.807, 2.05) is 6.08 Å². The van der Waals surface area contributed by atoms with E-state index in [1.54, 1.807) is 6.08 Å². The second-order valence-electron chi connectivity index (χ2n) is 25.6. The number of allylic oxidation sites excluding steroid dienone is 7. The van der Waals surface area contributed by atoms with E-state index in [9.17, 15) is 19.8 Å². The predicted molar refractivity (Wildman–Crippen MR) is 366 cm³/mol. The Morgan fingerprint density at radius 2 is 0.614 bits per heavy atom. The van der Waals surface area contributed by atoms with Crippen LogP contribution in [-0.2, 0) is 14.3 Å². The van der Waals surface area contributed by atoms with Crippen LogP contribution in [0, 0.1) is 0 Å². The molecule has 2 atom stereocenters. The molecule has 6 nitrogen and oxygen atoms in total. The highest BCUT2D eigenvalue weighted by Crippen LogP contribution is 2.19. The summed E-state index contributed by atoms with van der Waals surface area (Å²) in [5.41, 5.74) is 0. The van der Waals surface area contributed by atoms with Gasteiger partial charge in [0.15, 0.2) is 0 Å². The second kappa shape index (κ2) is 72.3. The minimum atomic E-state index is -0.843. The first-order chi connectivity index (χ1) is 41.0. The lowest BCUT2D eigenvalue weighted by Gasteiger charge is -2.20. The number of hydrogen-bond acceptors (Lipinski definition) is 5. The topological polar surface area (TPSA) is 95.9 Å². The van der Waals surface area contributed by atoms with Crippen molar-refractivity contribution in [1.29, 1.82) is 0 Å². The van der Waals surface area contributed by atoms with Gasteiger partial charge in [-0.1, -0.05) is 358 Å². The summed E-state index contributed by atoms with van der Waals surface area (Å²) in [6.07, 6.45) is 95.1. The lowest BCUT2D eigenvalue weighted by molar-refractivity contribution is -0.143. The van der Waals surface area contributed by atoms with E-state index >= 15 is 0 Å². The highest BCUT2D eigenvalue weighted by molar-refractivity contribution is 5.76. The first-order valence-electron chi connectivity index (χ1n) is 37.4. The molecule has 0 saturated heterocycles. The number of amides is 1. The van der Waals surface area contributed by atoms with E-state index in [-0.39, 0.29) is 18.5 Å². The van der Waals surface area contributed by atoms with Crippen LogP contribution in [0.3, 0.4) is 0 Å². The molecule has 1 amide bonds. The minimum absolute atomic E-state index is 0.00907. The van der Waals surface area contributed by atoms with Crippen molar-refractivity contribution >= 4 is 11.9 Å². The Morgan fingerprint density at radius 3 is 0.964 bits per heavy atom. The fraction of sp³-hybridized carbons (Fsp3) is 0.870. The van der Waals surface area contributed by atoms with E-state index in [0.29, 0.717) is 19.4 Å². The molecule has 0 aliphatic heterocycles. The fourth-order valence-electron chi connectivity index (χ4n) is 11.6. The number of aliphatic hydroxyl groups excluding tert-OH is 2. The number of aliphatic hydroxyl groups is 2. The van der Waals surface area contributed by atoms with Gasteiger partial charge < -0.3 is 20.3 Å². The molecular formula is C77H145NO5. The molecule has 0 aromatic rings. The first kappa shape index (κ1) is 80.8. The maximum Gasteiger partial charge on any atom is 0.305 e. The van der Waals surface area contributed by atoms with Gasteiger partial charge in [0, 0.05) is 12.8 Å². The van der Waals surface area contributed by atoms with E-state index in [0.717, 1.165) is 51.4 Å². The Bertz CT molecular complexity index is 1390. The molecule has 0 saturated carbocycles. The number of hydrogen-bond donors (Lipinski definition) is 3. The standard InChI is InChI=1S/C77H145NO5/c1-3-5-7-9-11-13-15-16-17-43-46-50-53-57-61-65-69-75(80)74(73-79)78-76(81)70-66-62-58-54-51-47-44-41-39-37-35-33-31-29-27-25-23-21-19-18-20-22-24-26-28-30-32-34-36-38-40-42-45-48-52-56-60-64-68-72-83-77(82)71-67-63-59-55-49-14-12-10-8-6-4-2/h10,12,18-19,22,24,65,69,74-75,79-80H,3-9,11,13-17,20-21,23,25-64,66-68,70-73H2,1-2H3,(H,78,81)/b12-10-,19-18-,24-22-,69-65+. The van der Waals surface area contributed by atoms with Crippen LogP contribution in [0.5, 0.6) is 0 Å². The van der Waals surface area contributed by atoms with Crippen LogP contribution in [0.25, 0.3) is 0 Å². The lowest BCUT2D eigenvalue weighted by atomic mass is 10.0. The highest BCUT2D eigenvalue weighted by Gasteiger charge is 2.18. The normalized spacial score (nSPS) is 12.8. The number of rotatable bonds is 70. The molecule has 0 heterocycles. The van der Waals surface area contributed by atoms with Gasteiger partial charge >= 0.3 is 5.97 Å². The smallest absolute Gasteiger partial charge is 0.305 e. The van der Waals surface area contributed by atoms with Crippen molar-refractivity contribution in [3.05, 3.63) is 48.6 Å². The third-order valence-electron chi connectivity index (χ3n) is 17.3. The van der Waals surface area contributed by atoms with Gasteiger partial charge in [0.2, 0.25) is 5.91 Å². The molecular weight excluding hydrogens is 1020 g/mol. The average molecular weight is 1170 g/mol. The maximum atomic E-state index is 12.5. The molecule has 6 heteroatoms. The molecule has 0 aliphatic rings. The third-order valence-corrected chi connectivity index (χ3v) is 17.3. The molecule has 0 radical (unpaired) electrons. The molecule has 0 rings (SSSR count). The van der Waals surface area contributed by atoms with Gasteiger partial charge in [-0.15, -0.1) is 0 Å². The largest absolute Gasteiger partial charge is 0.466 e. The highest BCUT2D eigenvalue weighted by atomic mass is 16.5. The zero-order chi connectivity index (χ0) is 59.9. The number of carbonyl (C=O) groups is 2. The maximum absolute atomic E-state index is 12.5. The van der Waals surface area contributed by atoms with E-state index in [2.05, 4.69) is 55.6 Å². The monoisotopic (exact) mass is 1160 g/mol. The van der Waals surface area contributed by atoms with Crippen LogP contribution in [0.1, 0.15) is 406 Å².